The Bertz CT molecular complexity index is 1640. The van der Waals surface area contributed by atoms with Gasteiger partial charge in [0.25, 0.3) is 0 Å². The van der Waals surface area contributed by atoms with Crippen LogP contribution in [0.2, 0.25) is 5.02 Å². The van der Waals surface area contributed by atoms with Crippen LogP contribution < -0.4 is 4.74 Å². The molecule has 0 bridgehead atoms. The van der Waals surface area contributed by atoms with Crippen LogP contribution >= 0.6 is 22.9 Å². The molecule has 6 aromatic rings. The highest BCUT2D eigenvalue weighted by molar-refractivity contribution is 7.26. The minimum absolute atomic E-state index is 0.471. The molecule has 0 N–H and O–H groups in total. The summed E-state index contributed by atoms with van der Waals surface area (Å²) in [5, 5.41) is 6.45. The van der Waals surface area contributed by atoms with E-state index in [-0.39, 0.29) is 0 Å². The van der Waals surface area contributed by atoms with Crippen molar-refractivity contribution >= 4 is 49.0 Å². The summed E-state index contributed by atoms with van der Waals surface area (Å²) in [5.74, 6) is 1.44. The van der Waals surface area contributed by atoms with Crippen molar-refractivity contribution in [2.45, 2.75) is 20.5 Å². The van der Waals surface area contributed by atoms with Crippen LogP contribution in [-0.2, 0) is 6.61 Å². The average molecular weight is 472 g/mol. The van der Waals surface area contributed by atoms with Gasteiger partial charge in [-0.05, 0) is 55.3 Å². The minimum atomic E-state index is 0.471. The van der Waals surface area contributed by atoms with Crippen molar-refractivity contribution in [3.63, 3.8) is 0 Å². The number of aryl methyl sites for hydroxylation is 2. The number of fused-ring (bicyclic) bond motifs is 5. The minimum Gasteiger partial charge on any atom is -0.489 e. The first-order valence-corrected chi connectivity index (χ1v) is 11.6. The first kappa shape index (κ1) is 20.1. The molecule has 0 amide bonds. The fraction of sp³-hybridized carbons (Fsp3) is 0.120. The second kappa shape index (κ2) is 7.79. The number of pyridine rings is 1. The van der Waals surface area contributed by atoms with Gasteiger partial charge in [0.1, 0.15) is 28.2 Å². The number of benzene rings is 2. The van der Waals surface area contributed by atoms with E-state index < -0.39 is 0 Å². The normalized spacial score (nSPS) is 11.6. The van der Waals surface area contributed by atoms with Crippen molar-refractivity contribution in [3.8, 4) is 17.1 Å². The quantitative estimate of drug-likeness (QED) is 0.297. The molecule has 33 heavy (non-hydrogen) atoms. The number of halogens is 1. The van der Waals surface area contributed by atoms with E-state index in [2.05, 4.69) is 23.1 Å². The van der Waals surface area contributed by atoms with E-state index >= 15 is 0 Å². The Balaban J connectivity index is 1.32. The maximum Gasteiger partial charge on any atom is 0.182 e. The highest BCUT2D eigenvalue weighted by Crippen LogP contribution is 2.36. The zero-order valence-corrected chi connectivity index (χ0v) is 19.5. The Morgan fingerprint density at radius 3 is 2.58 bits per heavy atom. The molecule has 0 saturated carbocycles. The predicted octanol–water partition coefficient (Wildman–Crippen LogP) is 6.40. The largest absolute Gasteiger partial charge is 0.489 e. The van der Waals surface area contributed by atoms with Crippen LogP contribution in [0.3, 0.4) is 0 Å². The molecule has 6 rings (SSSR count). The van der Waals surface area contributed by atoms with Gasteiger partial charge in [-0.3, -0.25) is 0 Å². The number of aromatic nitrogens is 5. The van der Waals surface area contributed by atoms with Gasteiger partial charge < -0.3 is 4.74 Å². The van der Waals surface area contributed by atoms with Crippen LogP contribution in [0.4, 0.5) is 0 Å². The van der Waals surface area contributed by atoms with E-state index in [0.717, 1.165) is 48.7 Å². The molecule has 4 heterocycles. The molecule has 0 atom stereocenters. The fourth-order valence-electron chi connectivity index (χ4n) is 3.94. The van der Waals surface area contributed by atoms with Crippen LogP contribution in [0.5, 0.6) is 5.75 Å². The van der Waals surface area contributed by atoms with E-state index in [0.29, 0.717) is 17.5 Å². The van der Waals surface area contributed by atoms with Gasteiger partial charge in [0.15, 0.2) is 11.5 Å². The number of hydrogen-bond donors (Lipinski definition) is 0. The lowest BCUT2D eigenvalue weighted by Crippen LogP contribution is -1.95. The van der Waals surface area contributed by atoms with Crippen molar-refractivity contribution in [1.29, 1.82) is 0 Å². The lowest BCUT2D eigenvalue weighted by Gasteiger charge is -2.06. The summed E-state index contributed by atoms with van der Waals surface area (Å²) < 4.78 is 8.57. The van der Waals surface area contributed by atoms with Crippen LogP contribution in [0.15, 0.2) is 60.9 Å². The molecule has 6 nitrogen and oxygen atoms in total. The topological polar surface area (TPSA) is 65.2 Å². The second-order valence-corrected chi connectivity index (χ2v) is 9.36. The van der Waals surface area contributed by atoms with Gasteiger partial charge in [0.2, 0.25) is 0 Å². The molecule has 0 aliphatic heterocycles. The SMILES string of the molecule is Cc1cc(C)c2c(n1)sc1c2ncn2nc(-c3ccc(COc4ccc(Cl)cc4)cc3)nc12. The van der Waals surface area contributed by atoms with Crippen LogP contribution in [0.25, 0.3) is 37.5 Å². The zero-order valence-electron chi connectivity index (χ0n) is 17.9. The summed E-state index contributed by atoms with van der Waals surface area (Å²) >= 11 is 7.54. The van der Waals surface area contributed by atoms with E-state index in [1.165, 1.54) is 5.56 Å². The summed E-state index contributed by atoms with van der Waals surface area (Å²) in [6, 6.07) is 17.5. The predicted molar refractivity (Wildman–Crippen MR) is 132 cm³/mol. The molecule has 8 heteroatoms. The van der Waals surface area contributed by atoms with Crippen LogP contribution in [0, 0.1) is 13.8 Å². The Morgan fingerprint density at radius 1 is 1.00 bits per heavy atom. The maximum atomic E-state index is 5.92. The Labute approximate surface area is 198 Å². The Morgan fingerprint density at radius 2 is 1.79 bits per heavy atom. The molecule has 0 saturated heterocycles. The summed E-state index contributed by atoms with van der Waals surface area (Å²) in [7, 11) is 0. The van der Waals surface area contributed by atoms with Gasteiger partial charge in [0, 0.05) is 21.7 Å². The van der Waals surface area contributed by atoms with Gasteiger partial charge in [-0.15, -0.1) is 16.4 Å². The molecule has 0 aliphatic rings. The summed E-state index contributed by atoms with van der Waals surface area (Å²) in [6.45, 7) is 4.58. The fourth-order valence-corrected chi connectivity index (χ4v) is 5.29. The van der Waals surface area contributed by atoms with Crippen molar-refractivity contribution in [2.24, 2.45) is 0 Å². The molecular formula is C25H18ClN5OS. The first-order valence-electron chi connectivity index (χ1n) is 10.4. The maximum absolute atomic E-state index is 5.92. The molecular weight excluding hydrogens is 454 g/mol. The second-order valence-electron chi connectivity index (χ2n) is 7.93. The molecule has 2 aromatic carbocycles. The molecule has 0 aliphatic carbocycles. The number of thiophene rings is 1. The smallest absolute Gasteiger partial charge is 0.182 e. The average Bonchev–Trinajstić information content (AvgIpc) is 3.40. The lowest BCUT2D eigenvalue weighted by atomic mass is 10.1. The molecule has 0 unspecified atom stereocenters. The van der Waals surface area contributed by atoms with Gasteiger partial charge >= 0.3 is 0 Å². The van der Waals surface area contributed by atoms with E-state index in [1.54, 1.807) is 22.2 Å². The van der Waals surface area contributed by atoms with E-state index in [4.69, 9.17) is 26.3 Å². The standard InChI is InChI=1S/C25H18ClN5OS/c1-14-11-15(2)28-25-20(14)21-22(33-25)24-29-23(30-31(24)13-27-21)17-5-3-16(4-6-17)12-32-19-9-7-18(26)8-10-19/h3-11,13H,12H2,1-2H3. The van der Waals surface area contributed by atoms with Crippen LogP contribution in [0.1, 0.15) is 16.8 Å². The molecule has 0 spiro atoms. The van der Waals surface area contributed by atoms with Gasteiger partial charge in [-0.1, -0.05) is 35.9 Å². The third-order valence-electron chi connectivity index (χ3n) is 5.52. The third-order valence-corrected chi connectivity index (χ3v) is 6.84. The summed E-state index contributed by atoms with van der Waals surface area (Å²) in [4.78, 5) is 15.2. The zero-order chi connectivity index (χ0) is 22.5. The number of hydrogen-bond acceptors (Lipinski definition) is 6. The van der Waals surface area contributed by atoms with Crippen molar-refractivity contribution in [1.82, 2.24) is 24.6 Å². The molecule has 4 aromatic heterocycles. The van der Waals surface area contributed by atoms with Crippen molar-refractivity contribution < 1.29 is 4.74 Å². The Hall–Kier alpha value is -3.55. The molecule has 162 valence electrons. The van der Waals surface area contributed by atoms with Gasteiger partial charge in [-0.2, -0.15) is 0 Å². The number of nitrogens with zero attached hydrogens (tertiary/aromatic N) is 5. The summed E-state index contributed by atoms with van der Waals surface area (Å²) in [6.07, 6.45) is 1.73. The highest BCUT2D eigenvalue weighted by atomic mass is 35.5. The lowest BCUT2D eigenvalue weighted by molar-refractivity contribution is 0.306. The first-order chi connectivity index (χ1) is 16.0. The molecule has 0 fully saturated rings. The Kier molecular flexibility index (Phi) is 4.74. The van der Waals surface area contributed by atoms with Gasteiger partial charge in [-0.25, -0.2) is 19.5 Å². The van der Waals surface area contributed by atoms with Gasteiger partial charge in [0.05, 0.1) is 5.52 Å². The third kappa shape index (κ3) is 3.59. The van der Waals surface area contributed by atoms with E-state index in [1.807, 2.05) is 55.5 Å². The molecule has 0 radical (unpaired) electrons. The number of rotatable bonds is 4. The van der Waals surface area contributed by atoms with E-state index in [9.17, 15) is 0 Å². The van der Waals surface area contributed by atoms with Crippen LogP contribution in [-0.4, -0.2) is 24.6 Å². The number of ether oxygens (including phenoxy) is 1. The van der Waals surface area contributed by atoms with Crippen molar-refractivity contribution in [2.75, 3.05) is 0 Å². The highest BCUT2D eigenvalue weighted by Gasteiger charge is 2.16. The van der Waals surface area contributed by atoms with Crippen molar-refractivity contribution in [3.05, 3.63) is 82.8 Å². The monoisotopic (exact) mass is 471 g/mol. The summed E-state index contributed by atoms with van der Waals surface area (Å²) in [5.41, 5.74) is 5.91.